The first-order chi connectivity index (χ1) is 14.1. The van der Waals surface area contributed by atoms with E-state index in [1.165, 1.54) is 12.8 Å². The van der Waals surface area contributed by atoms with Gasteiger partial charge in [-0.1, -0.05) is 11.2 Å². The Morgan fingerprint density at radius 3 is 2.62 bits per heavy atom. The molecule has 6 rings (SSSR count). The molecule has 4 heterocycles. The molecular formula is C23H22N4O2. The highest BCUT2D eigenvalue weighted by atomic mass is 16.6. The van der Waals surface area contributed by atoms with Crippen LogP contribution < -0.4 is 0 Å². The number of benzene rings is 1. The highest BCUT2D eigenvalue weighted by Crippen LogP contribution is 2.53. The van der Waals surface area contributed by atoms with Gasteiger partial charge in [0.2, 0.25) is 0 Å². The van der Waals surface area contributed by atoms with Crippen LogP contribution in [0.2, 0.25) is 0 Å². The van der Waals surface area contributed by atoms with Crippen LogP contribution in [0.15, 0.2) is 34.9 Å². The molecular weight excluding hydrogens is 364 g/mol. The van der Waals surface area contributed by atoms with Crippen LogP contribution >= 0.6 is 0 Å². The van der Waals surface area contributed by atoms with Crippen molar-refractivity contribution in [3.8, 4) is 11.1 Å². The fraction of sp³-hybridized carbons (Fsp3) is 0.348. The smallest absolute Gasteiger partial charge is 0.141 e. The third-order valence-electron chi connectivity index (χ3n) is 5.92. The van der Waals surface area contributed by atoms with Gasteiger partial charge in [0.05, 0.1) is 22.4 Å². The highest BCUT2D eigenvalue weighted by Gasteiger charge is 2.44. The minimum atomic E-state index is -0.0393. The summed E-state index contributed by atoms with van der Waals surface area (Å²) < 4.78 is 11.5. The Morgan fingerprint density at radius 1 is 1.03 bits per heavy atom. The van der Waals surface area contributed by atoms with E-state index in [4.69, 9.17) is 14.2 Å². The number of epoxide rings is 1. The summed E-state index contributed by atoms with van der Waals surface area (Å²) in [5.74, 6) is 2.47. The lowest BCUT2D eigenvalue weighted by Gasteiger charge is -2.05. The van der Waals surface area contributed by atoms with Crippen molar-refractivity contribution < 1.29 is 9.26 Å². The van der Waals surface area contributed by atoms with Crippen LogP contribution in [-0.4, -0.2) is 20.1 Å². The number of hydrogen-bond acceptors (Lipinski definition) is 5. The molecule has 1 saturated heterocycles. The lowest BCUT2D eigenvalue weighted by Crippen LogP contribution is -1.93. The van der Waals surface area contributed by atoms with Crippen LogP contribution in [0.1, 0.15) is 65.2 Å². The Labute approximate surface area is 168 Å². The number of hydrogen-bond donors (Lipinski definition) is 1. The van der Waals surface area contributed by atoms with E-state index in [0.29, 0.717) is 5.92 Å². The molecule has 0 amide bonds. The molecule has 6 nitrogen and oxygen atoms in total. The quantitative estimate of drug-likeness (QED) is 0.486. The summed E-state index contributed by atoms with van der Waals surface area (Å²) in [7, 11) is 0. The van der Waals surface area contributed by atoms with Crippen molar-refractivity contribution in [1.29, 1.82) is 0 Å². The van der Waals surface area contributed by atoms with Crippen molar-refractivity contribution in [1.82, 2.24) is 20.1 Å². The van der Waals surface area contributed by atoms with E-state index in [1.54, 1.807) is 0 Å². The van der Waals surface area contributed by atoms with Gasteiger partial charge in [-0.05, 0) is 63.4 Å². The van der Waals surface area contributed by atoms with E-state index >= 15 is 0 Å². The molecule has 3 aromatic heterocycles. The molecule has 1 saturated carbocycles. The topological polar surface area (TPSA) is 80.1 Å². The minimum Gasteiger partial charge on any atom is -0.361 e. The molecule has 0 spiro atoms. The lowest BCUT2D eigenvalue weighted by molar-refractivity contribution is 0.375. The molecule has 1 aromatic carbocycles. The van der Waals surface area contributed by atoms with Crippen molar-refractivity contribution >= 4 is 11.0 Å². The number of nitrogens with zero attached hydrogens (tertiary/aromatic N) is 3. The molecule has 2 atom stereocenters. The summed E-state index contributed by atoms with van der Waals surface area (Å²) in [4.78, 5) is 13.2. The molecule has 29 heavy (non-hydrogen) atoms. The number of H-pyrrole nitrogens is 1. The molecule has 1 aliphatic carbocycles. The predicted octanol–water partition coefficient (Wildman–Crippen LogP) is 5.23. The van der Waals surface area contributed by atoms with Crippen molar-refractivity contribution in [2.75, 3.05) is 0 Å². The predicted molar refractivity (Wildman–Crippen MR) is 109 cm³/mol. The second-order valence-electron chi connectivity index (χ2n) is 8.24. The molecule has 6 heteroatoms. The number of rotatable bonds is 4. The fourth-order valence-corrected chi connectivity index (χ4v) is 4.27. The number of aromatic amines is 1. The Morgan fingerprint density at radius 2 is 1.90 bits per heavy atom. The van der Waals surface area contributed by atoms with Crippen LogP contribution in [0.5, 0.6) is 0 Å². The number of nitrogens with one attached hydrogen (secondary N) is 1. The van der Waals surface area contributed by atoms with E-state index < -0.39 is 0 Å². The Hall–Kier alpha value is -2.99. The zero-order valence-corrected chi connectivity index (χ0v) is 16.7. The molecule has 2 fully saturated rings. The van der Waals surface area contributed by atoms with Crippen LogP contribution in [0.25, 0.3) is 22.2 Å². The number of fused-ring (bicyclic) bond motifs is 1. The largest absolute Gasteiger partial charge is 0.361 e. The van der Waals surface area contributed by atoms with E-state index in [9.17, 15) is 0 Å². The second kappa shape index (κ2) is 6.00. The third kappa shape index (κ3) is 2.78. The Bertz CT molecular complexity index is 1230. The summed E-state index contributed by atoms with van der Waals surface area (Å²) in [6.45, 7) is 5.94. The number of aryl methyl sites for hydroxylation is 3. The summed E-state index contributed by atoms with van der Waals surface area (Å²) in [5, 5.41) is 4.14. The van der Waals surface area contributed by atoms with Crippen molar-refractivity contribution in [2.45, 2.75) is 51.7 Å². The molecule has 2 unspecified atom stereocenters. The van der Waals surface area contributed by atoms with Crippen molar-refractivity contribution in [3.63, 3.8) is 0 Å². The maximum atomic E-state index is 6.11. The molecule has 146 valence electrons. The van der Waals surface area contributed by atoms with Gasteiger partial charge >= 0.3 is 0 Å². The van der Waals surface area contributed by atoms with E-state index in [1.807, 2.05) is 39.0 Å². The second-order valence-corrected chi connectivity index (χ2v) is 8.24. The normalized spacial score (nSPS) is 21.1. The van der Waals surface area contributed by atoms with E-state index in [-0.39, 0.29) is 12.2 Å². The van der Waals surface area contributed by atoms with Gasteiger partial charge in [0.15, 0.2) is 0 Å². The van der Waals surface area contributed by atoms with Gasteiger partial charge in [-0.15, -0.1) is 0 Å². The number of ether oxygens (including phenoxy) is 1. The average molecular weight is 386 g/mol. The SMILES string of the molecule is Cc1cccc(C2OC2c2cc(-c3c(C)noc3C)cc3[nH]c(C4CC4)nc23)n1. The fourth-order valence-electron chi connectivity index (χ4n) is 4.27. The van der Waals surface area contributed by atoms with Gasteiger partial charge in [0, 0.05) is 22.7 Å². The first-order valence-corrected chi connectivity index (χ1v) is 10.1. The van der Waals surface area contributed by atoms with Gasteiger partial charge < -0.3 is 14.2 Å². The average Bonchev–Trinajstić information content (AvgIpc) is 3.61. The number of pyridine rings is 1. The first kappa shape index (κ1) is 16.9. The monoisotopic (exact) mass is 386 g/mol. The van der Waals surface area contributed by atoms with Crippen LogP contribution in [0.4, 0.5) is 0 Å². The van der Waals surface area contributed by atoms with Gasteiger partial charge in [0.25, 0.3) is 0 Å². The molecule has 1 aliphatic heterocycles. The Balaban J connectivity index is 1.49. The molecule has 2 aliphatic rings. The van der Waals surface area contributed by atoms with Gasteiger partial charge in [-0.3, -0.25) is 4.98 Å². The van der Waals surface area contributed by atoms with E-state index in [0.717, 1.165) is 56.4 Å². The van der Waals surface area contributed by atoms with Crippen LogP contribution in [-0.2, 0) is 4.74 Å². The molecule has 4 aromatic rings. The molecule has 1 N–H and O–H groups in total. The maximum Gasteiger partial charge on any atom is 0.141 e. The summed E-state index contributed by atoms with van der Waals surface area (Å²) >= 11 is 0. The third-order valence-corrected chi connectivity index (χ3v) is 5.92. The number of aromatic nitrogens is 4. The zero-order chi connectivity index (χ0) is 19.7. The summed E-state index contributed by atoms with van der Waals surface area (Å²) in [5.41, 5.74) is 8.15. The molecule has 0 radical (unpaired) electrons. The van der Waals surface area contributed by atoms with Crippen molar-refractivity contribution in [3.05, 3.63) is 64.6 Å². The minimum absolute atomic E-state index is 0.0286. The maximum absolute atomic E-state index is 6.11. The number of imidazole rings is 1. The van der Waals surface area contributed by atoms with Gasteiger partial charge in [0.1, 0.15) is 23.8 Å². The van der Waals surface area contributed by atoms with E-state index in [2.05, 4.69) is 27.3 Å². The molecule has 0 bridgehead atoms. The van der Waals surface area contributed by atoms with Gasteiger partial charge in [-0.2, -0.15) is 0 Å². The Kier molecular flexibility index (Phi) is 3.50. The van der Waals surface area contributed by atoms with Gasteiger partial charge in [-0.25, -0.2) is 4.98 Å². The standard InChI is InChI=1S/C23H22N4O2/c1-11-5-4-6-17(24-11)22-21(28-22)16-9-15(19-12(2)27-29-13(19)3)10-18-20(16)26-23(25-18)14-7-8-14/h4-6,9-10,14,21-22H,7-8H2,1-3H3,(H,25,26). The highest BCUT2D eigenvalue weighted by molar-refractivity contribution is 5.87. The van der Waals surface area contributed by atoms with Crippen LogP contribution in [0, 0.1) is 20.8 Å². The lowest BCUT2D eigenvalue weighted by atomic mass is 9.97. The first-order valence-electron chi connectivity index (χ1n) is 10.1. The summed E-state index contributed by atoms with van der Waals surface area (Å²) in [6, 6.07) is 10.4. The van der Waals surface area contributed by atoms with Crippen molar-refractivity contribution in [2.24, 2.45) is 0 Å². The zero-order valence-electron chi connectivity index (χ0n) is 16.7. The summed E-state index contributed by atoms with van der Waals surface area (Å²) in [6.07, 6.45) is 2.35. The van der Waals surface area contributed by atoms with Crippen LogP contribution in [0.3, 0.4) is 0 Å².